The van der Waals surface area contributed by atoms with Crippen LogP contribution in [-0.4, -0.2) is 44.1 Å². The van der Waals surface area contributed by atoms with Crippen molar-refractivity contribution in [2.45, 2.75) is 13.0 Å². The molecule has 0 amide bonds. The third-order valence-electron chi connectivity index (χ3n) is 6.29. The number of halogens is 1. The highest BCUT2D eigenvalue weighted by atomic mass is 19.1. The molecule has 1 aliphatic heterocycles. The summed E-state index contributed by atoms with van der Waals surface area (Å²) < 4.78 is 27.3. The van der Waals surface area contributed by atoms with E-state index in [0.717, 1.165) is 27.7 Å². The number of hydrogen-bond acceptors (Lipinski definition) is 7. The highest BCUT2D eigenvalue weighted by molar-refractivity contribution is 5.99. The van der Waals surface area contributed by atoms with Gasteiger partial charge in [0.1, 0.15) is 29.8 Å². The summed E-state index contributed by atoms with van der Waals surface area (Å²) in [6.07, 6.45) is 6.46. The molecule has 1 aliphatic rings. The summed E-state index contributed by atoms with van der Waals surface area (Å²) in [5, 5.41) is 9.14. The standard InChI is InChI=1S/C26H23FN6O2/c1-15(19-12-34-13-19)35-24-8-16(18-9-31-33(2)11-18)7-23-25(24)26(30-14-29-23)32-21-3-4-22-17(6-21)5-20(27)10-28-22/h3-11,14-15,19H,12-13H2,1-2H3,(H,29,30,32). The van der Waals surface area contributed by atoms with E-state index in [1.54, 1.807) is 4.68 Å². The van der Waals surface area contributed by atoms with Crippen molar-refractivity contribution >= 4 is 33.3 Å². The number of benzene rings is 2. The zero-order valence-electron chi connectivity index (χ0n) is 19.3. The molecular formula is C26H23FN6O2. The molecule has 9 heteroatoms. The Labute approximate surface area is 200 Å². The van der Waals surface area contributed by atoms with E-state index in [1.807, 2.05) is 49.8 Å². The van der Waals surface area contributed by atoms with Crippen LogP contribution in [0.5, 0.6) is 5.75 Å². The summed E-state index contributed by atoms with van der Waals surface area (Å²) in [7, 11) is 1.88. The van der Waals surface area contributed by atoms with Crippen molar-refractivity contribution in [3.8, 4) is 16.9 Å². The summed E-state index contributed by atoms with van der Waals surface area (Å²) in [5.41, 5.74) is 4.13. The van der Waals surface area contributed by atoms with Gasteiger partial charge in [0, 0.05) is 35.8 Å². The molecule has 6 rings (SSSR count). The molecule has 1 unspecified atom stereocenters. The van der Waals surface area contributed by atoms with Crippen LogP contribution in [0.2, 0.25) is 0 Å². The molecule has 1 N–H and O–H groups in total. The molecule has 2 aromatic carbocycles. The van der Waals surface area contributed by atoms with Crippen molar-refractivity contribution in [1.82, 2.24) is 24.7 Å². The molecule has 35 heavy (non-hydrogen) atoms. The second-order valence-electron chi connectivity index (χ2n) is 8.80. The van der Waals surface area contributed by atoms with Crippen molar-refractivity contribution in [3.05, 3.63) is 67.1 Å². The minimum atomic E-state index is -0.380. The van der Waals surface area contributed by atoms with E-state index in [-0.39, 0.29) is 11.9 Å². The van der Waals surface area contributed by atoms with Gasteiger partial charge >= 0.3 is 0 Å². The number of ether oxygens (including phenoxy) is 2. The number of hydrogen-bond donors (Lipinski definition) is 1. The smallest absolute Gasteiger partial charge is 0.145 e. The topological polar surface area (TPSA) is 87.0 Å². The lowest BCUT2D eigenvalue weighted by Gasteiger charge is -2.32. The Balaban J connectivity index is 1.45. The van der Waals surface area contributed by atoms with Gasteiger partial charge in [0.05, 0.1) is 42.0 Å². The van der Waals surface area contributed by atoms with Gasteiger partial charge in [0.2, 0.25) is 0 Å². The van der Waals surface area contributed by atoms with Gasteiger partial charge in [-0.05, 0) is 48.9 Å². The SMILES string of the molecule is CC(Oc1cc(-c2cnn(C)c2)cc2ncnc(Nc3ccc4ncc(F)cc4c3)c12)C1COC1. The first-order chi connectivity index (χ1) is 17.0. The minimum absolute atomic E-state index is 0.0427. The highest BCUT2D eigenvalue weighted by Crippen LogP contribution is 2.37. The summed E-state index contributed by atoms with van der Waals surface area (Å²) in [4.78, 5) is 13.2. The number of rotatable bonds is 6. The van der Waals surface area contributed by atoms with Crippen molar-refractivity contribution in [2.75, 3.05) is 18.5 Å². The number of pyridine rings is 1. The summed E-state index contributed by atoms with van der Waals surface area (Å²) in [5.74, 6) is 1.23. The molecule has 1 atom stereocenters. The third-order valence-corrected chi connectivity index (χ3v) is 6.29. The van der Waals surface area contributed by atoms with E-state index >= 15 is 0 Å². The number of anilines is 2. The van der Waals surface area contributed by atoms with Gasteiger partial charge in [-0.15, -0.1) is 0 Å². The average molecular weight is 471 g/mol. The van der Waals surface area contributed by atoms with Crippen molar-refractivity contribution in [2.24, 2.45) is 13.0 Å². The van der Waals surface area contributed by atoms with Gasteiger partial charge in [0.15, 0.2) is 0 Å². The average Bonchev–Trinajstić information content (AvgIpc) is 3.24. The predicted molar refractivity (Wildman–Crippen MR) is 131 cm³/mol. The second-order valence-corrected chi connectivity index (χ2v) is 8.80. The largest absolute Gasteiger partial charge is 0.489 e. The molecule has 176 valence electrons. The fraction of sp³-hybridized carbons (Fsp3) is 0.231. The predicted octanol–water partition coefficient (Wildman–Crippen LogP) is 4.87. The first-order valence-electron chi connectivity index (χ1n) is 11.4. The van der Waals surface area contributed by atoms with Crippen LogP contribution in [-0.2, 0) is 11.8 Å². The molecular weight excluding hydrogens is 447 g/mol. The fourth-order valence-electron chi connectivity index (χ4n) is 4.22. The van der Waals surface area contributed by atoms with Gasteiger partial charge < -0.3 is 14.8 Å². The Kier molecular flexibility index (Phi) is 5.26. The molecule has 0 radical (unpaired) electrons. The first kappa shape index (κ1) is 21.4. The fourth-order valence-corrected chi connectivity index (χ4v) is 4.22. The monoisotopic (exact) mass is 470 g/mol. The van der Waals surface area contributed by atoms with Gasteiger partial charge in [-0.25, -0.2) is 14.4 Å². The molecule has 1 saturated heterocycles. The molecule has 0 aliphatic carbocycles. The van der Waals surface area contributed by atoms with E-state index in [2.05, 4.69) is 32.3 Å². The number of aryl methyl sites for hydroxylation is 1. The molecule has 8 nitrogen and oxygen atoms in total. The maximum atomic E-state index is 13.7. The Morgan fingerprint density at radius 2 is 1.94 bits per heavy atom. The zero-order chi connectivity index (χ0) is 23.9. The van der Waals surface area contributed by atoms with E-state index in [1.165, 1.54) is 18.6 Å². The lowest BCUT2D eigenvalue weighted by Crippen LogP contribution is -2.39. The van der Waals surface area contributed by atoms with Gasteiger partial charge in [-0.1, -0.05) is 0 Å². The molecule has 0 bridgehead atoms. The zero-order valence-corrected chi connectivity index (χ0v) is 19.3. The Morgan fingerprint density at radius 1 is 1.06 bits per heavy atom. The lowest BCUT2D eigenvalue weighted by atomic mass is 10.0. The van der Waals surface area contributed by atoms with E-state index < -0.39 is 0 Å². The number of aromatic nitrogens is 5. The Bertz CT molecular complexity index is 1550. The van der Waals surface area contributed by atoms with Gasteiger partial charge in [-0.2, -0.15) is 5.10 Å². The molecule has 0 spiro atoms. The summed E-state index contributed by atoms with van der Waals surface area (Å²) in [6, 6.07) is 11.0. The van der Waals surface area contributed by atoms with Crippen LogP contribution in [0.15, 0.2) is 61.3 Å². The number of nitrogens with one attached hydrogen (secondary N) is 1. The van der Waals surface area contributed by atoms with E-state index in [9.17, 15) is 4.39 Å². The van der Waals surface area contributed by atoms with Crippen LogP contribution in [0.3, 0.4) is 0 Å². The maximum Gasteiger partial charge on any atom is 0.145 e. The lowest BCUT2D eigenvalue weighted by molar-refractivity contribution is -0.0773. The first-order valence-corrected chi connectivity index (χ1v) is 11.4. The van der Waals surface area contributed by atoms with Crippen LogP contribution in [0.4, 0.5) is 15.9 Å². The Morgan fingerprint density at radius 3 is 2.71 bits per heavy atom. The molecule has 0 saturated carbocycles. The van der Waals surface area contributed by atoms with Gasteiger partial charge in [0.25, 0.3) is 0 Å². The Hall–Kier alpha value is -4.11. The van der Waals surface area contributed by atoms with E-state index in [0.29, 0.717) is 41.6 Å². The number of fused-ring (bicyclic) bond motifs is 2. The van der Waals surface area contributed by atoms with Crippen LogP contribution < -0.4 is 10.1 Å². The van der Waals surface area contributed by atoms with Crippen LogP contribution in [0.25, 0.3) is 32.9 Å². The summed E-state index contributed by atoms with van der Waals surface area (Å²) >= 11 is 0. The van der Waals surface area contributed by atoms with Crippen LogP contribution in [0, 0.1) is 11.7 Å². The normalized spacial score (nSPS) is 14.7. The number of nitrogens with zero attached hydrogens (tertiary/aromatic N) is 5. The minimum Gasteiger partial charge on any atom is -0.489 e. The van der Waals surface area contributed by atoms with Crippen LogP contribution >= 0.6 is 0 Å². The van der Waals surface area contributed by atoms with Crippen LogP contribution in [0.1, 0.15) is 6.92 Å². The van der Waals surface area contributed by atoms with E-state index in [4.69, 9.17) is 9.47 Å². The maximum absolute atomic E-state index is 13.7. The van der Waals surface area contributed by atoms with Crippen molar-refractivity contribution in [3.63, 3.8) is 0 Å². The van der Waals surface area contributed by atoms with Crippen molar-refractivity contribution in [1.29, 1.82) is 0 Å². The van der Waals surface area contributed by atoms with Crippen molar-refractivity contribution < 1.29 is 13.9 Å². The summed E-state index contributed by atoms with van der Waals surface area (Å²) in [6.45, 7) is 3.42. The molecule has 3 aromatic heterocycles. The second kappa shape index (κ2) is 8.59. The molecule has 5 aromatic rings. The molecule has 4 heterocycles. The highest BCUT2D eigenvalue weighted by Gasteiger charge is 2.27. The quantitative estimate of drug-likeness (QED) is 0.379. The third kappa shape index (κ3) is 4.15. The molecule has 1 fully saturated rings. The van der Waals surface area contributed by atoms with Gasteiger partial charge in [-0.3, -0.25) is 9.67 Å².